The minimum Gasteiger partial charge on any atom is -0.486 e. The lowest BCUT2D eigenvalue weighted by Crippen LogP contribution is -2.36. The van der Waals surface area contributed by atoms with Gasteiger partial charge in [0.1, 0.15) is 24.6 Å². The highest BCUT2D eigenvalue weighted by atomic mass is 32.1. The molecule has 3 aromatic rings. The Labute approximate surface area is 183 Å². The number of ether oxygens (including phenoxy) is 2. The van der Waals surface area contributed by atoms with Crippen LogP contribution in [0.25, 0.3) is 10.2 Å². The Kier molecular flexibility index (Phi) is 4.49. The maximum atomic E-state index is 13.2. The van der Waals surface area contributed by atoms with Crippen LogP contribution < -0.4 is 15.0 Å². The molecule has 0 bridgehead atoms. The number of carbonyl (C=O) groups excluding carboxylic acids is 1. The van der Waals surface area contributed by atoms with Crippen LogP contribution >= 0.6 is 11.3 Å². The number of nitrogens with zero attached hydrogens (tertiary/aromatic N) is 3. The van der Waals surface area contributed by atoms with Crippen molar-refractivity contribution in [3.63, 3.8) is 0 Å². The van der Waals surface area contributed by atoms with E-state index in [1.54, 1.807) is 11.3 Å². The molecule has 4 heterocycles. The van der Waals surface area contributed by atoms with Gasteiger partial charge in [-0.1, -0.05) is 6.07 Å². The largest absolute Gasteiger partial charge is 0.486 e. The molecule has 1 unspecified atom stereocenters. The highest BCUT2D eigenvalue weighted by molar-refractivity contribution is 7.18. The van der Waals surface area contributed by atoms with Gasteiger partial charge in [-0.3, -0.25) is 14.2 Å². The lowest BCUT2D eigenvalue weighted by Gasteiger charge is -2.27. The standard InChI is InChI=1S/C23H23N3O4S/c27-20(12-25-13-24-22-21(23(25)28)15-3-1-5-19(15)31-22)26-8-2-4-16(26)14-6-7-17-18(11-14)30-10-9-29-17/h6-7,11,13,16H,1-5,8-10,12H2. The van der Waals surface area contributed by atoms with Crippen molar-refractivity contribution in [1.29, 1.82) is 0 Å². The van der Waals surface area contributed by atoms with E-state index in [2.05, 4.69) is 4.98 Å². The van der Waals surface area contributed by atoms with Crippen LogP contribution in [-0.4, -0.2) is 40.1 Å². The summed E-state index contributed by atoms with van der Waals surface area (Å²) in [6.45, 7) is 1.80. The first kappa shape index (κ1) is 18.9. The monoisotopic (exact) mass is 437 g/mol. The second-order valence-electron chi connectivity index (χ2n) is 8.36. The summed E-state index contributed by atoms with van der Waals surface area (Å²) in [7, 11) is 0. The average molecular weight is 438 g/mol. The number of thiophene rings is 1. The third kappa shape index (κ3) is 3.12. The minimum atomic E-state index is -0.0900. The molecule has 160 valence electrons. The number of hydrogen-bond donors (Lipinski definition) is 0. The van der Waals surface area contributed by atoms with Crippen LogP contribution in [0.3, 0.4) is 0 Å². The summed E-state index contributed by atoms with van der Waals surface area (Å²) in [5.41, 5.74) is 2.11. The number of aromatic nitrogens is 2. The number of rotatable bonds is 3. The normalized spacial score (nSPS) is 19.7. The molecular weight excluding hydrogens is 414 g/mol. The van der Waals surface area contributed by atoms with Crippen molar-refractivity contribution in [2.75, 3.05) is 19.8 Å². The molecule has 1 aliphatic carbocycles. The van der Waals surface area contributed by atoms with Crippen molar-refractivity contribution in [3.05, 3.63) is 50.9 Å². The maximum Gasteiger partial charge on any atom is 0.262 e. The molecule has 3 aliphatic rings. The molecule has 1 fully saturated rings. The van der Waals surface area contributed by atoms with E-state index in [1.807, 2.05) is 23.1 Å². The number of fused-ring (bicyclic) bond motifs is 4. The number of amides is 1. The third-order valence-corrected chi connectivity index (χ3v) is 7.72. The van der Waals surface area contributed by atoms with E-state index in [4.69, 9.17) is 9.47 Å². The highest BCUT2D eigenvalue weighted by Crippen LogP contribution is 2.38. The van der Waals surface area contributed by atoms with Crippen molar-refractivity contribution in [3.8, 4) is 11.5 Å². The molecule has 31 heavy (non-hydrogen) atoms. The first-order valence-corrected chi connectivity index (χ1v) is 11.7. The summed E-state index contributed by atoms with van der Waals surface area (Å²) in [6, 6.07) is 5.91. The molecule has 0 N–H and O–H groups in total. The van der Waals surface area contributed by atoms with E-state index in [1.165, 1.54) is 15.8 Å². The lowest BCUT2D eigenvalue weighted by atomic mass is 10.0. The van der Waals surface area contributed by atoms with Crippen LogP contribution in [0.4, 0.5) is 0 Å². The van der Waals surface area contributed by atoms with Crippen LogP contribution in [0.15, 0.2) is 29.3 Å². The lowest BCUT2D eigenvalue weighted by molar-refractivity contribution is -0.132. The molecular formula is C23H23N3O4S. The molecule has 2 aromatic heterocycles. The fraction of sp³-hybridized carbons (Fsp3) is 0.435. The van der Waals surface area contributed by atoms with E-state index in [-0.39, 0.29) is 24.1 Å². The van der Waals surface area contributed by atoms with Gasteiger partial charge in [0.15, 0.2) is 11.5 Å². The topological polar surface area (TPSA) is 73.7 Å². The molecule has 0 saturated carbocycles. The first-order chi connectivity index (χ1) is 15.2. The molecule has 7 nitrogen and oxygen atoms in total. The molecule has 6 rings (SSSR count). The van der Waals surface area contributed by atoms with E-state index < -0.39 is 0 Å². The van der Waals surface area contributed by atoms with Gasteiger partial charge in [-0.15, -0.1) is 11.3 Å². The Morgan fingerprint density at radius 2 is 2.03 bits per heavy atom. The zero-order valence-electron chi connectivity index (χ0n) is 17.1. The predicted octanol–water partition coefficient (Wildman–Crippen LogP) is 3.08. The van der Waals surface area contributed by atoms with Crippen LogP contribution in [0.1, 0.15) is 41.3 Å². The summed E-state index contributed by atoms with van der Waals surface area (Å²) < 4.78 is 12.8. The Morgan fingerprint density at radius 3 is 2.94 bits per heavy atom. The van der Waals surface area contributed by atoms with Crippen LogP contribution in [0, 0.1) is 0 Å². The fourth-order valence-electron chi connectivity index (χ4n) is 5.05. The summed E-state index contributed by atoms with van der Waals surface area (Å²) in [5.74, 6) is 1.44. The molecule has 1 aromatic carbocycles. The zero-order valence-corrected chi connectivity index (χ0v) is 18.0. The van der Waals surface area contributed by atoms with Crippen molar-refractivity contribution >= 4 is 27.5 Å². The Balaban J connectivity index is 1.27. The Bertz CT molecular complexity index is 1250. The minimum absolute atomic E-state index is 0.0129. The van der Waals surface area contributed by atoms with E-state index >= 15 is 0 Å². The van der Waals surface area contributed by atoms with Crippen LogP contribution in [0.2, 0.25) is 0 Å². The number of aryl methyl sites for hydroxylation is 2. The average Bonchev–Trinajstić information content (AvgIpc) is 3.51. The molecule has 1 amide bonds. The fourth-order valence-corrected chi connectivity index (χ4v) is 6.27. The van der Waals surface area contributed by atoms with Gasteiger partial charge in [0.05, 0.1) is 17.8 Å². The molecule has 1 saturated heterocycles. The first-order valence-electron chi connectivity index (χ1n) is 10.9. The molecule has 2 aliphatic heterocycles. The smallest absolute Gasteiger partial charge is 0.262 e. The van der Waals surface area contributed by atoms with Crippen molar-refractivity contribution in [1.82, 2.24) is 14.5 Å². The van der Waals surface area contributed by atoms with Gasteiger partial charge in [-0.2, -0.15) is 0 Å². The van der Waals surface area contributed by atoms with Gasteiger partial charge in [-0.25, -0.2) is 4.98 Å². The van der Waals surface area contributed by atoms with Gasteiger partial charge in [0.25, 0.3) is 5.56 Å². The van der Waals surface area contributed by atoms with E-state index in [9.17, 15) is 9.59 Å². The van der Waals surface area contributed by atoms with Crippen molar-refractivity contribution < 1.29 is 14.3 Å². The molecule has 0 spiro atoms. The number of likely N-dealkylation sites (tertiary alicyclic amines) is 1. The number of carbonyl (C=O) groups is 1. The van der Waals surface area contributed by atoms with Crippen molar-refractivity contribution in [2.24, 2.45) is 0 Å². The molecule has 0 radical (unpaired) electrons. The third-order valence-electron chi connectivity index (χ3n) is 6.52. The highest BCUT2D eigenvalue weighted by Gasteiger charge is 2.31. The van der Waals surface area contributed by atoms with Crippen LogP contribution in [-0.2, 0) is 24.2 Å². The van der Waals surface area contributed by atoms with Crippen molar-refractivity contribution in [2.45, 2.75) is 44.7 Å². The van der Waals surface area contributed by atoms with Gasteiger partial charge in [-0.05, 0) is 55.4 Å². The second-order valence-corrected chi connectivity index (χ2v) is 9.45. The summed E-state index contributed by atoms with van der Waals surface area (Å²) >= 11 is 1.62. The summed E-state index contributed by atoms with van der Waals surface area (Å²) in [5, 5.41) is 0.720. The summed E-state index contributed by atoms with van der Waals surface area (Å²) in [6.07, 6.45) is 6.42. The Morgan fingerprint density at radius 1 is 1.16 bits per heavy atom. The van der Waals surface area contributed by atoms with Gasteiger partial charge in [0, 0.05) is 11.4 Å². The second kappa shape index (κ2) is 7.37. The van der Waals surface area contributed by atoms with E-state index in [0.717, 1.165) is 64.9 Å². The quantitative estimate of drug-likeness (QED) is 0.630. The summed E-state index contributed by atoms with van der Waals surface area (Å²) in [4.78, 5) is 34.8. The van der Waals surface area contributed by atoms with Crippen LogP contribution in [0.5, 0.6) is 11.5 Å². The number of hydrogen-bond acceptors (Lipinski definition) is 6. The molecule has 1 atom stereocenters. The predicted molar refractivity (Wildman–Crippen MR) is 117 cm³/mol. The SMILES string of the molecule is O=C(Cn1cnc2sc3c(c2c1=O)CCC3)N1CCCC1c1ccc2c(c1)OCCO2. The van der Waals surface area contributed by atoms with Gasteiger partial charge >= 0.3 is 0 Å². The van der Waals surface area contributed by atoms with Gasteiger partial charge < -0.3 is 14.4 Å². The zero-order chi connectivity index (χ0) is 20.9. The van der Waals surface area contributed by atoms with Gasteiger partial charge in [0.2, 0.25) is 5.91 Å². The molecule has 8 heteroatoms. The number of benzene rings is 1. The van der Waals surface area contributed by atoms with E-state index in [0.29, 0.717) is 19.8 Å². The Hall–Kier alpha value is -2.87. The maximum absolute atomic E-state index is 13.2.